The summed E-state index contributed by atoms with van der Waals surface area (Å²) in [6.07, 6.45) is 1.92. The van der Waals surface area contributed by atoms with Crippen LogP contribution in [0.5, 0.6) is 11.5 Å². The summed E-state index contributed by atoms with van der Waals surface area (Å²) in [5, 5.41) is 0. The van der Waals surface area contributed by atoms with Gasteiger partial charge in [0.05, 0.1) is 5.41 Å². The smallest absolute Gasteiger partial charge is 0.163 e. The van der Waals surface area contributed by atoms with Gasteiger partial charge < -0.3 is 4.74 Å². The number of nitrogens with zero attached hydrogens (tertiary/aromatic N) is 4. The third-order valence-electron chi connectivity index (χ3n) is 11.9. The van der Waals surface area contributed by atoms with Crippen molar-refractivity contribution in [2.75, 3.05) is 0 Å². The molecule has 0 atom stereocenters. The number of aryl methyl sites for hydroxylation is 3. The zero-order valence-corrected chi connectivity index (χ0v) is 32.9. The first-order valence-electron chi connectivity index (χ1n) is 20.0. The molecule has 0 fully saturated rings. The highest BCUT2D eigenvalue weighted by Crippen LogP contribution is 2.62. The molecule has 3 heterocycles. The summed E-state index contributed by atoms with van der Waals surface area (Å²) in [4.78, 5) is 19.4. The molecule has 0 unspecified atom stereocenters. The number of pyridine rings is 1. The Kier molecular flexibility index (Phi) is 7.99. The van der Waals surface area contributed by atoms with Gasteiger partial charge in [0.25, 0.3) is 0 Å². The number of aromatic nitrogens is 4. The summed E-state index contributed by atoms with van der Waals surface area (Å²) >= 11 is 0. The first kappa shape index (κ1) is 34.7. The Hall–Kier alpha value is -7.50. The summed E-state index contributed by atoms with van der Waals surface area (Å²) in [5.74, 6) is 3.57. The van der Waals surface area contributed by atoms with Crippen LogP contribution in [0, 0.1) is 20.8 Å². The van der Waals surface area contributed by atoms with E-state index in [0.29, 0.717) is 17.5 Å². The predicted molar refractivity (Wildman–Crippen MR) is 236 cm³/mol. The SMILES string of the molecule is Cc1cnc(C)c(-c2cccc(-c3ccc4c(c3)Oc3ccc(-c5nc(C)nc(-c6ccc(-c7ccccc7)cc6)n5)cc3C43c4ccccc4-c4ccccc43)c2)c1. The molecule has 0 saturated carbocycles. The van der Waals surface area contributed by atoms with E-state index in [2.05, 4.69) is 183 Å². The second kappa shape index (κ2) is 13.6. The van der Waals surface area contributed by atoms with E-state index in [4.69, 9.17) is 19.7 Å². The fourth-order valence-electron chi connectivity index (χ4n) is 9.20. The Labute approximate surface area is 343 Å². The minimum atomic E-state index is -0.644. The average Bonchev–Trinajstić information content (AvgIpc) is 3.57. The molecule has 1 spiro atoms. The fraction of sp³-hybridized carbons (Fsp3) is 0.0741. The van der Waals surface area contributed by atoms with Crippen LogP contribution in [0.3, 0.4) is 0 Å². The third kappa shape index (κ3) is 5.61. The third-order valence-corrected chi connectivity index (χ3v) is 11.9. The van der Waals surface area contributed by atoms with E-state index in [0.717, 1.165) is 72.8 Å². The Morgan fingerprint density at radius 2 is 0.983 bits per heavy atom. The number of hydrogen-bond acceptors (Lipinski definition) is 5. The Morgan fingerprint density at radius 1 is 0.390 bits per heavy atom. The first-order chi connectivity index (χ1) is 28.9. The summed E-state index contributed by atoms with van der Waals surface area (Å²) in [6.45, 7) is 6.09. The van der Waals surface area contributed by atoms with Crippen molar-refractivity contribution < 1.29 is 4.74 Å². The van der Waals surface area contributed by atoms with E-state index >= 15 is 0 Å². The highest BCUT2D eigenvalue weighted by Gasteiger charge is 2.51. The highest BCUT2D eigenvalue weighted by molar-refractivity contribution is 5.90. The molecular formula is C54H38N4O. The molecule has 1 aliphatic carbocycles. The van der Waals surface area contributed by atoms with Gasteiger partial charge in [0.2, 0.25) is 0 Å². The van der Waals surface area contributed by atoms with Crippen molar-refractivity contribution in [3.8, 4) is 78.8 Å². The first-order valence-corrected chi connectivity index (χ1v) is 20.0. The molecule has 59 heavy (non-hydrogen) atoms. The van der Waals surface area contributed by atoms with Gasteiger partial charge in [-0.1, -0.05) is 133 Å². The Balaban J connectivity index is 1.06. The summed E-state index contributed by atoms with van der Waals surface area (Å²) < 4.78 is 7.00. The molecule has 0 amide bonds. The molecule has 0 radical (unpaired) electrons. The van der Waals surface area contributed by atoms with E-state index in [-0.39, 0.29) is 0 Å². The minimum absolute atomic E-state index is 0.622. The van der Waals surface area contributed by atoms with Crippen LogP contribution in [0.15, 0.2) is 176 Å². The van der Waals surface area contributed by atoms with Crippen molar-refractivity contribution in [1.82, 2.24) is 19.9 Å². The molecule has 11 rings (SSSR count). The quantitative estimate of drug-likeness (QED) is 0.175. The van der Waals surface area contributed by atoms with Crippen molar-refractivity contribution in [2.45, 2.75) is 26.2 Å². The van der Waals surface area contributed by atoms with Crippen molar-refractivity contribution >= 4 is 0 Å². The summed E-state index contributed by atoms with van der Waals surface area (Å²) in [6, 6.07) is 60.5. The van der Waals surface area contributed by atoms with Crippen LogP contribution in [0.4, 0.5) is 0 Å². The molecule has 5 heteroatoms. The number of hydrogen-bond donors (Lipinski definition) is 0. The van der Waals surface area contributed by atoms with E-state index in [1.807, 2.05) is 19.2 Å². The predicted octanol–water partition coefficient (Wildman–Crippen LogP) is 13.0. The molecule has 7 aromatic carbocycles. The second-order valence-electron chi connectivity index (χ2n) is 15.6. The maximum atomic E-state index is 7.00. The Morgan fingerprint density at radius 3 is 1.75 bits per heavy atom. The van der Waals surface area contributed by atoms with E-state index in [9.17, 15) is 0 Å². The standard InChI is InChI=1S/C54H38N4O/c1-33-28-45(34(2)55-32-33)41-15-11-14-39(29-41)40-24-26-48-51(31-40)59-50-27-25-42(30-49(50)54(48)46-18-9-7-16-43(46)44-17-8-10-19-47(44)54)53-57-35(3)56-52(58-53)38-22-20-37(21-23-38)36-12-5-4-6-13-36/h4-32H,1-3H3. The Bertz CT molecular complexity index is 3070. The lowest BCUT2D eigenvalue weighted by Crippen LogP contribution is -2.32. The summed E-state index contributed by atoms with van der Waals surface area (Å²) in [7, 11) is 0. The van der Waals surface area contributed by atoms with Crippen molar-refractivity contribution in [3.05, 3.63) is 215 Å². The van der Waals surface area contributed by atoms with Crippen molar-refractivity contribution in [2.24, 2.45) is 0 Å². The summed E-state index contributed by atoms with van der Waals surface area (Å²) in [5.41, 5.74) is 17.2. The maximum Gasteiger partial charge on any atom is 0.163 e. The van der Waals surface area contributed by atoms with Gasteiger partial charge in [-0.05, 0) is 113 Å². The average molecular weight is 759 g/mol. The van der Waals surface area contributed by atoms with Gasteiger partial charge in [-0.3, -0.25) is 4.98 Å². The lowest BCUT2D eigenvalue weighted by atomic mass is 9.65. The lowest BCUT2D eigenvalue weighted by Gasteiger charge is -2.39. The molecule has 280 valence electrons. The molecule has 0 saturated heterocycles. The van der Waals surface area contributed by atoms with E-state index in [1.54, 1.807) is 0 Å². The van der Waals surface area contributed by atoms with Crippen LogP contribution < -0.4 is 4.74 Å². The van der Waals surface area contributed by atoms with Crippen LogP contribution in [-0.4, -0.2) is 19.9 Å². The fourth-order valence-corrected chi connectivity index (χ4v) is 9.20. The molecule has 5 nitrogen and oxygen atoms in total. The van der Waals surface area contributed by atoms with Crippen LogP contribution in [0.25, 0.3) is 67.3 Å². The number of rotatable bonds is 5. The molecule has 0 bridgehead atoms. The normalized spacial score (nSPS) is 12.9. The largest absolute Gasteiger partial charge is 0.457 e. The number of fused-ring (bicyclic) bond motifs is 9. The van der Waals surface area contributed by atoms with Crippen LogP contribution in [0.2, 0.25) is 0 Å². The van der Waals surface area contributed by atoms with Gasteiger partial charge in [-0.2, -0.15) is 0 Å². The molecule has 9 aromatic rings. The second-order valence-corrected chi connectivity index (χ2v) is 15.6. The number of ether oxygens (including phenoxy) is 1. The van der Waals surface area contributed by atoms with Crippen LogP contribution >= 0.6 is 0 Å². The monoisotopic (exact) mass is 758 g/mol. The van der Waals surface area contributed by atoms with Gasteiger partial charge in [0.15, 0.2) is 11.6 Å². The lowest BCUT2D eigenvalue weighted by molar-refractivity contribution is 0.436. The van der Waals surface area contributed by atoms with Gasteiger partial charge in [0.1, 0.15) is 17.3 Å². The van der Waals surface area contributed by atoms with Crippen molar-refractivity contribution in [1.29, 1.82) is 0 Å². The molecular weight excluding hydrogens is 721 g/mol. The van der Waals surface area contributed by atoms with Crippen molar-refractivity contribution in [3.63, 3.8) is 0 Å². The zero-order valence-electron chi connectivity index (χ0n) is 32.9. The van der Waals surface area contributed by atoms with Gasteiger partial charge in [-0.25, -0.2) is 15.0 Å². The van der Waals surface area contributed by atoms with Crippen LogP contribution in [-0.2, 0) is 5.41 Å². The zero-order chi connectivity index (χ0) is 39.7. The molecule has 1 aliphatic heterocycles. The maximum absolute atomic E-state index is 7.00. The van der Waals surface area contributed by atoms with E-state index in [1.165, 1.54) is 27.8 Å². The van der Waals surface area contributed by atoms with Gasteiger partial charge in [-0.15, -0.1) is 0 Å². The van der Waals surface area contributed by atoms with Crippen LogP contribution in [0.1, 0.15) is 39.3 Å². The van der Waals surface area contributed by atoms with Gasteiger partial charge in [0, 0.05) is 39.7 Å². The highest BCUT2D eigenvalue weighted by atomic mass is 16.5. The molecule has 2 aliphatic rings. The topological polar surface area (TPSA) is 60.8 Å². The number of benzene rings is 7. The minimum Gasteiger partial charge on any atom is -0.457 e. The van der Waals surface area contributed by atoms with Gasteiger partial charge >= 0.3 is 0 Å². The molecule has 0 N–H and O–H groups in total. The molecule has 2 aromatic heterocycles. The van der Waals surface area contributed by atoms with E-state index < -0.39 is 5.41 Å².